The third-order valence-electron chi connectivity index (χ3n) is 9.91. The first kappa shape index (κ1) is 32.9. The molecule has 4 heterocycles. The van der Waals surface area contributed by atoms with Gasteiger partial charge in [0.25, 0.3) is 0 Å². The molecule has 0 atom stereocenters. The van der Waals surface area contributed by atoms with Crippen LogP contribution < -0.4 is 5.19 Å². The van der Waals surface area contributed by atoms with Crippen molar-refractivity contribution in [3.8, 4) is 22.5 Å². The van der Waals surface area contributed by atoms with Crippen LogP contribution in [-0.2, 0) is 25.5 Å². The van der Waals surface area contributed by atoms with Crippen molar-refractivity contribution in [2.75, 3.05) is 0 Å². The Kier molecular flexibility index (Phi) is 9.07. The van der Waals surface area contributed by atoms with E-state index in [0.29, 0.717) is 5.56 Å². The SMILES string of the molecule is CC(C)(c1ccccc1)c1ccnc(-c2[c-]ccc3c2oc2ccccc23)c1.[2H]C([2H])([2H])c1c[c-]c(-c2ccc([Si](C)(C)C)cn2)c2sc3ccccc3c12.[Ir]. The smallest absolute Gasteiger partial charge is 0.120 e. The van der Waals surface area contributed by atoms with Gasteiger partial charge in [0, 0.05) is 52.1 Å². The maximum Gasteiger partial charge on any atom is 0.120 e. The van der Waals surface area contributed by atoms with Gasteiger partial charge in [-0.2, -0.15) is 11.3 Å². The van der Waals surface area contributed by atoms with E-state index in [1.807, 2.05) is 67.0 Å². The molecule has 0 spiro atoms. The van der Waals surface area contributed by atoms with Gasteiger partial charge in [0.2, 0.25) is 0 Å². The first-order valence-electron chi connectivity index (χ1n) is 19.0. The van der Waals surface area contributed by atoms with Gasteiger partial charge in [0.1, 0.15) is 5.58 Å². The van der Waals surface area contributed by atoms with Crippen LogP contribution in [0.4, 0.5) is 0 Å². The second-order valence-corrected chi connectivity index (χ2v) is 20.8. The molecule has 0 bridgehead atoms. The molecule has 3 nitrogen and oxygen atoms in total. The molecule has 0 aliphatic rings. The summed E-state index contributed by atoms with van der Waals surface area (Å²) < 4.78 is 32.0. The van der Waals surface area contributed by atoms with Gasteiger partial charge in [-0.15, -0.1) is 41.5 Å². The molecule has 0 saturated heterocycles. The van der Waals surface area contributed by atoms with Gasteiger partial charge in [0.15, 0.2) is 0 Å². The van der Waals surface area contributed by atoms with E-state index in [2.05, 4.69) is 111 Å². The largest absolute Gasteiger partial charge is 0.501 e. The summed E-state index contributed by atoms with van der Waals surface area (Å²) in [6.45, 7) is 9.20. The summed E-state index contributed by atoms with van der Waals surface area (Å²) in [7, 11) is -1.42. The molecular weight excluding hydrogens is 861 g/mol. The minimum absolute atomic E-state index is 0. The van der Waals surface area contributed by atoms with E-state index in [4.69, 9.17) is 13.5 Å². The number of aromatic nitrogens is 2. The van der Waals surface area contributed by atoms with Gasteiger partial charge < -0.3 is 14.4 Å². The molecule has 53 heavy (non-hydrogen) atoms. The summed E-state index contributed by atoms with van der Waals surface area (Å²) in [5.41, 5.74) is 7.95. The molecule has 9 rings (SSSR count). The Morgan fingerprint density at radius 2 is 1.49 bits per heavy atom. The predicted octanol–water partition coefficient (Wildman–Crippen LogP) is 12.5. The fourth-order valence-corrected chi connectivity index (χ4v) is 9.07. The van der Waals surface area contributed by atoms with Crippen molar-refractivity contribution >= 4 is 66.7 Å². The average Bonchev–Trinajstić information content (AvgIpc) is 3.77. The molecule has 0 N–H and O–H groups in total. The summed E-state index contributed by atoms with van der Waals surface area (Å²) in [4.78, 5) is 9.34. The predicted molar refractivity (Wildman–Crippen MR) is 223 cm³/mol. The van der Waals surface area contributed by atoms with Crippen molar-refractivity contribution in [3.05, 3.63) is 163 Å². The van der Waals surface area contributed by atoms with Crippen LogP contribution in [0.25, 0.3) is 64.6 Å². The summed E-state index contributed by atoms with van der Waals surface area (Å²) in [5, 5.41) is 5.31. The van der Waals surface area contributed by atoms with Crippen LogP contribution >= 0.6 is 11.3 Å². The van der Waals surface area contributed by atoms with E-state index in [9.17, 15) is 0 Å². The van der Waals surface area contributed by atoms with Crippen LogP contribution in [0.2, 0.25) is 19.6 Å². The van der Waals surface area contributed by atoms with Gasteiger partial charge in [-0.1, -0.05) is 142 Å². The Hall–Kier alpha value is -4.71. The topological polar surface area (TPSA) is 38.9 Å². The van der Waals surface area contributed by atoms with E-state index in [1.54, 1.807) is 17.4 Å². The van der Waals surface area contributed by atoms with Crippen molar-refractivity contribution in [1.29, 1.82) is 0 Å². The van der Waals surface area contributed by atoms with Gasteiger partial charge in [-0.05, 0) is 56.0 Å². The van der Waals surface area contributed by atoms with Crippen molar-refractivity contribution in [2.45, 2.75) is 45.8 Å². The summed E-state index contributed by atoms with van der Waals surface area (Å²) in [6.07, 6.45) is 3.84. The number of furan rings is 1. The minimum Gasteiger partial charge on any atom is -0.501 e. The van der Waals surface area contributed by atoms with E-state index in [0.717, 1.165) is 64.6 Å². The first-order valence-corrected chi connectivity index (χ1v) is 21.8. The molecule has 0 amide bonds. The van der Waals surface area contributed by atoms with E-state index < -0.39 is 14.9 Å². The van der Waals surface area contributed by atoms with Crippen LogP contribution in [0.5, 0.6) is 0 Å². The number of rotatable bonds is 5. The van der Waals surface area contributed by atoms with Crippen LogP contribution in [0, 0.1) is 19.0 Å². The summed E-state index contributed by atoms with van der Waals surface area (Å²) in [6, 6.07) is 47.3. The standard InChI is InChI=1S/C26H20NO.C21H20NSSi.Ir/c1-26(2,18-9-4-3-5-10-18)19-15-16-27-23(17-19)22-13-8-12-21-20-11-6-7-14-24(20)28-25(21)22;1-14-9-11-16(18-12-10-15(13-22-18)24(2,3)4)21-20(14)17-7-5-6-8-19(17)23-21;/h3-12,14-17H,1-2H3;5-10,12-13H,1-4H3;/q2*-1;/i;1D3;. The van der Waals surface area contributed by atoms with Crippen LogP contribution in [0.15, 0.2) is 138 Å². The van der Waals surface area contributed by atoms with Gasteiger partial charge in [-0.3, -0.25) is 0 Å². The van der Waals surface area contributed by atoms with Crippen LogP contribution in [0.1, 0.15) is 34.7 Å². The van der Waals surface area contributed by atoms with Crippen LogP contribution in [0.3, 0.4) is 0 Å². The van der Waals surface area contributed by atoms with Gasteiger partial charge in [0.05, 0.1) is 13.7 Å². The Balaban J connectivity index is 0.000000169. The second kappa shape index (κ2) is 14.6. The van der Waals surface area contributed by atoms with Crippen LogP contribution in [-0.4, -0.2) is 18.0 Å². The number of hydrogen-bond donors (Lipinski definition) is 0. The maximum atomic E-state index is 7.95. The van der Waals surface area contributed by atoms with E-state index >= 15 is 0 Å². The molecule has 9 aromatic rings. The Labute approximate surface area is 334 Å². The third kappa shape index (κ3) is 6.93. The fourth-order valence-electron chi connectivity index (χ4n) is 6.80. The molecular formula is C47H40IrN2OSSi-2. The molecule has 5 aromatic carbocycles. The molecule has 1 radical (unpaired) electrons. The number of hydrogen-bond acceptors (Lipinski definition) is 4. The number of fused-ring (bicyclic) bond motifs is 6. The van der Waals surface area contributed by atoms with Crippen molar-refractivity contribution in [3.63, 3.8) is 0 Å². The molecule has 265 valence electrons. The first-order chi connectivity index (χ1) is 26.3. The molecule has 0 unspecified atom stereocenters. The molecule has 4 aromatic heterocycles. The van der Waals surface area contributed by atoms with E-state index in [1.165, 1.54) is 16.3 Å². The Morgan fingerprint density at radius 3 is 2.25 bits per heavy atom. The number of benzene rings is 5. The van der Waals surface area contributed by atoms with Gasteiger partial charge >= 0.3 is 0 Å². The molecule has 0 fully saturated rings. The van der Waals surface area contributed by atoms with Crippen molar-refractivity contribution < 1.29 is 28.6 Å². The number of aryl methyl sites for hydroxylation is 1. The minimum atomic E-state index is -2.17. The summed E-state index contributed by atoms with van der Waals surface area (Å²) >= 11 is 1.61. The van der Waals surface area contributed by atoms with Crippen molar-refractivity contribution in [2.24, 2.45) is 0 Å². The zero-order chi connectivity index (χ0) is 38.5. The number of para-hydroxylation sites is 1. The van der Waals surface area contributed by atoms with Gasteiger partial charge in [-0.25, -0.2) is 0 Å². The zero-order valence-electron chi connectivity index (χ0n) is 33.2. The summed E-state index contributed by atoms with van der Waals surface area (Å²) in [5.74, 6) is 0. The zero-order valence-corrected chi connectivity index (χ0v) is 34.5. The quantitative estimate of drug-likeness (QED) is 0.128. The Morgan fingerprint density at radius 1 is 0.736 bits per heavy atom. The normalized spacial score (nSPS) is 12.9. The fraction of sp³-hybridized carbons (Fsp3) is 0.149. The maximum absolute atomic E-state index is 7.95. The monoisotopic (exact) mass is 904 g/mol. The molecule has 6 heteroatoms. The second-order valence-electron chi connectivity index (χ2n) is 14.7. The molecule has 0 aliphatic heterocycles. The molecule has 0 aliphatic carbocycles. The number of nitrogens with zero attached hydrogens (tertiary/aromatic N) is 2. The average molecular weight is 904 g/mol. The van der Waals surface area contributed by atoms with Crippen molar-refractivity contribution in [1.82, 2.24) is 9.97 Å². The Bertz CT molecular complexity index is 2820. The number of thiophene rings is 1. The molecule has 0 saturated carbocycles. The van der Waals surface area contributed by atoms with E-state index in [-0.39, 0.29) is 25.5 Å². The number of pyridine rings is 2. The third-order valence-corrected chi connectivity index (χ3v) is 13.1.